The summed E-state index contributed by atoms with van der Waals surface area (Å²) in [4.78, 5) is 17.1. The number of amides is 1. The highest BCUT2D eigenvalue weighted by molar-refractivity contribution is 5.97. The van der Waals surface area contributed by atoms with Crippen molar-refractivity contribution in [3.05, 3.63) is 17.8 Å². The zero-order valence-electron chi connectivity index (χ0n) is 16.6. The molecule has 0 saturated carbocycles. The van der Waals surface area contributed by atoms with Crippen molar-refractivity contribution in [2.75, 3.05) is 18.5 Å². The molecule has 1 unspecified atom stereocenters. The second-order valence-corrected chi connectivity index (χ2v) is 7.18. The number of pyridine rings is 1. The van der Waals surface area contributed by atoms with Gasteiger partial charge in [0.1, 0.15) is 5.60 Å². The van der Waals surface area contributed by atoms with Crippen LogP contribution in [0.4, 0.5) is 5.69 Å². The van der Waals surface area contributed by atoms with Gasteiger partial charge in [-0.05, 0) is 45.1 Å². The van der Waals surface area contributed by atoms with Crippen molar-refractivity contribution in [3.8, 4) is 5.88 Å². The summed E-state index contributed by atoms with van der Waals surface area (Å²) in [5, 5.41) is 2.95. The topological polar surface area (TPSA) is 60.5 Å². The lowest BCUT2D eigenvalue weighted by molar-refractivity contribution is -0.141. The van der Waals surface area contributed by atoms with Crippen molar-refractivity contribution in [2.24, 2.45) is 5.92 Å². The first-order valence-corrected chi connectivity index (χ1v) is 9.37. The van der Waals surface area contributed by atoms with E-state index in [4.69, 9.17) is 9.47 Å². The number of anilines is 1. The van der Waals surface area contributed by atoms with E-state index >= 15 is 0 Å². The van der Waals surface area contributed by atoms with E-state index in [1.165, 1.54) is 0 Å². The van der Waals surface area contributed by atoms with Gasteiger partial charge in [-0.3, -0.25) is 4.79 Å². The number of unbranched alkanes of at least 4 members (excludes halogenated alkanes) is 1. The highest BCUT2D eigenvalue weighted by Gasteiger charge is 2.35. The van der Waals surface area contributed by atoms with Crippen molar-refractivity contribution in [1.29, 1.82) is 0 Å². The Balaban J connectivity index is 2.80. The number of nitrogens with one attached hydrogen (secondary N) is 1. The molecule has 1 atom stereocenters. The van der Waals surface area contributed by atoms with E-state index in [0.29, 0.717) is 37.1 Å². The molecule has 1 N–H and O–H groups in total. The molecular weight excluding hydrogens is 316 g/mol. The molecule has 0 aliphatic rings. The second-order valence-electron chi connectivity index (χ2n) is 7.18. The minimum atomic E-state index is -0.839. The third kappa shape index (κ3) is 7.02. The number of carbonyl (C=O) groups is 1. The predicted octanol–water partition coefficient (Wildman–Crippen LogP) is 4.74. The Bertz CT molecular complexity index is 546. The average Bonchev–Trinajstić information content (AvgIpc) is 2.54. The van der Waals surface area contributed by atoms with Crippen molar-refractivity contribution in [1.82, 2.24) is 4.98 Å². The number of hydrogen-bond donors (Lipinski definition) is 1. The Morgan fingerprint density at radius 2 is 2.00 bits per heavy atom. The molecule has 1 rings (SSSR count). The van der Waals surface area contributed by atoms with Crippen LogP contribution in [-0.4, -0.2) is 29.7 Å². The first-order valence-electron chi connectivity index (χ1n) is 9.37. The molecule has 0 saturated heterocycles. The van der Waals surface area contributed by atoms with Crippen LogP contribution < -0.4 is 10.1 Å². The first-order chi connectivity index (χ1) is 11.8. The predicted molar refractivity (Wildman–Crippen MR) is 102 cm³/mol. The number of ether oxygens (including phenoxy) is 2. The van der Waals surface area contributed by atoms with E-state index in [9.17, 15) is 4.79 Å². The Labute approximate surface area is 152 Å². The van der Waals surface area contributed by atoms with Crippen molar-refractivity contribution in [2.45, 2.75) is 72.8 Å². The Morgan fingerprint density at radius 3 is 2.56 bits per heavy atom. The molecule has 0 spiro atoms. The van der Waals surface area contributed by atoms with E-state index in [2.05, 4.69) is 31.1 Å². The number of hydrogen-bond acceptors (Lipinski definition) is 4. The average molecular weight is 351 g/mol. The van der Waals surface area contributed by atoms with E-state index in [-0.39, 0.29) is 5.91 Å². The molecular formula is C20H34N2O3. The van der Waals surface area contributed by atoms with Crippen LogP contribution >= 0.6 is 0 Å². The molecule has 1 heterocycles. The molecule has 0 aromatic carbocycles. The molecule has 5 nitrogen and oxygen atoms in total. The summed E-state index contributed by atoms with van der Waals surface area (Å²) in [7, 11) is 0. The minimum Gasteiger partial charge on any atom is -0.477 e. The number of nitrogens with zero attached hydrogens (tertiary/aromatic N) is 1. The lowest BCUT2D eigenvalue weighted by Gasteiger charge is -2.30. The standard InChI is InChI=1S/C20H34N2O3/c1-7-9-11-24-18-16(5)12-17(14-21-18)22-19(23)20(6,13-15(3)4)25-10-8-2/h12,14-15H,7-11,13H2,1-6H3,(H,22,23). The summed E-state index contributed by atoms with van der Waals surface area (Å²) in [5.41, 5.74) is 0.739. The monoisotopic (exact) mass is 350 g/mol. The highest BCUT2D eigenvalue weighted by atomic mass is 16.5. The quantitative estimate of drug-likeness (QED) is 0.586. The smallest absolute Gasteiger partial charge is 0.256 e. The van der Waals surface area contributed by atoms with Crippen molar-refractivity contribution < 1.29 is 14.3 Å². The van der Waals surface area contributed by atoms with Crippen LogP contribution in [0.5, 0.6) is 5.88 Å². The molecule has 0 bridgehead atoms. The molecule has 25 heavy (non-hydrogen) atoms. The number of aromatic nitrogens is 1. The zero-order valence-corrected chi connectivity index (χ0v) is 16.6. The molecule has 1 amide bonds. The summed E-state index contributed by atoms with van der Waals surface area (Å²) in [6, 6.07) is 1.89. The summed E-state index contributed by atoms with van der Waals surface area (Å²) in [6.07, 6.45) is 5.28. The zero-order chi connectivity index (χ0) is 18.9. The van der Waals surface area contributed by atoms with Gasteiger partial charge in [0, 0.05) is 12.2 Å². The van der Waals surface area contributed by atoms with E-state index in [1.54, 1.807) is 6.20 Å². The van der Waals surface area contributed by atoms with Gasteiger partial charge in [-0.15, -0.1) is 0 Å². The van der Waals surface area contributed by atoms with Crippen molar-refractivity contribution in [3.63, 3.8) is 0 Å². The molecule has 0 radical (unpaired) electrons. The van der Waals surface area contributed by atoms with E-state index in [1.807, 2.05) is 26.8 Å². The number of rotatable bonds is 11. The normalized spacial score (nSPS) is 13.6. The largest absolute Gasteiger partial charge is 0.477 e. The summed E-state index contributed by atoms with van der Waals surface area (Å²) < 4.78 is 11.5. The number of aryl methyl sites for hydroxylation is 1. The summed E-state index contributed by atoms with van der Waals surface area (Å²) in [5.74, 6) is 0.857. The first kappa shape index (κ1) is 21.4. The SMILES string of the molecule is CCCCOc1ncc(NC(=O)C(C)(CC(C)C)OCCC)cc1C. The Hall–Kier alpha value is -1.62. The molecule has 142 valence electrons. The van der Waals surface area contributed by atoms with Crippen LogP contribution in [0.25, 0.3) is 0 Å². The molecule has 0 aliphatic carbocycles. The lowest BCUT2D eigenvalue weighted by atomic mass is 9.93. The highest BCUT2D eigenvalue weighted by Crippen LogP contribution is 2.25. The van der Waals surface area contributed by atoms with Crippen molar-refractivity contribution >= 4 is 11.6 Å². The fourth-order valence-electron chi connectivity index (χ4n) is 2.68. The van der Waals surface area contributed by atoms with E-state index in [0.717, 1.165) is 24.8 Å². The maximum Gasteiger partial charge on any atom is 0.256 e. The summed E-state index contributed by atoms with van der Waals surface area (Å²) >= 11 is 0. The van der Waals surface area contributed by atoms with Gasteiger partial charge in [0.25, 0.3) is 5.91 Å². The van der Waals surface area contributed by atoms with Crippen LogP contribution in [0, 0.1) is 12.8 Å². The molecule has 5 heteroatoms. The van der Waals surface area contributed by atoms with Gasteiger partial charge in [0.15, 0.2) is 0 Å². The minimum absolute atomic E-state index is 0.129. The second kappa shape index (κ2) is 10.4. The van der Waals surface area contributed by atoms with Gasteiger partial charge in [-0.25, -0.2) is 4.98 Å². The van der Waals surface area contributed by atoms with Crippen LogP contribution in [0.2, 0.25) is 0 Å². The molecule has 1 aromatic rings. The van der Waals surface area contributed by atoms with Crippen LogP contribution in [-0.2, 0) is 9.53 Å². The van der Waals surface area contributed by atoms with Gasteiger partial charge in [-0.1, -0.05) is 34.1 Å². The van der Waals surface area contributed by atoms with Crippen LogP contribution in [0.3, 0.4) is 0 Å². The van der Waals surface area contributed by atoms with Crippen LogP contribution in [0.15, 0.2) is 12.3 Å². The molecule has 0 aliphatic heterocycles. The Morgan fingerprint density at radius 1 is 1.28 bits per heavy atom. The van der Waals surface area contributed by atoms with Crippen LogP contribution in [0.1, 0.15) is 65.9 Å². The van der Waals surface area contributed by atoms with Gasteiger partial charge < -0.3 is 14.8 Å². The summed E-state index contributed by atoms with van der Waals surface area (Å²) in [6.45, 7) is 13.4. The van der Waals surface area contributed by atoms with E-state index < -0.39 is 5.60 Å². The fraction of sp³-hybridized carbons (Fsp3) is 0.700. The van der Waals surface area contributed by atoms with Gasteiger partial charge in [-0.2, -0.15) is 0 Å². The van der Waals surface area contributed by atoms with Gasteiger partial charge >= 0.3 is 0 Å². The maximum absolute atomic E-state index is 12.8. The maximum atomic E-state index is 12.8. The Kier molecular flexibility index (Phi) is 8.90. The third-order valence-corrected chi connectivity index (χ3v) is 3.93. The number of carbonyl (C=O) groups excluding carboxylic acids is 1. The molecule has 1 aromatic heterocycles. The molecule has 0 fully saturated rings. The third-order valence-electron chi connectivity index (χ3n) is 3.93. The lowest BCUT2D eigenvalue weighted by Crippen LogP contribution is -2.44. The van der Waals surface area contributed by atoms with Gasteiger partial charge in [0.2, 0.25) is 5.88 Å². The fourth-order valence-corrected chi connectivity index (χ4v) is 2.68. The van der Waals surface area contributed by atoms with Gasteiger partial charge in [0.05, 0.1) is 18.5 Å².